The zero-order valence-electron chi connectivity index (χ0n) is 12.2. The van der Waals surface area contributed by atoms with Crippen LogP contribution in [0.2, 0.25) is 0 Å². The van der Waals surface area contributed by atoms with E-state index in [-0.39, 0.29) is 17.2 Å². The summed E-state index contributed by atoms with van der Waals surface area (Å²) in [5.74, 6) is 0.126. The zero-order valence-corrected chi connectivity index (χ0v) is 13.1. The minimum absolute atomic E-state index is 0.00737. The second-order valence-corrected chi connectivity index (χ2v) is 6.84. The number of carbonyl (C=O) groups excluding carboxylic acids is 1. The topological polar surface area (TPSA) is 46.9 Å². The molecule has 1 aromatic heterocycles. The molecule has 4 nitrogen and oxygen atoms in total. The number of aryl methyl sites for hydroxylation is 1. The Hall–Kier alpha value is -1.75. The van der Waals surface area contributed by atoms with Gasteiger partial charge in [-0.05, 0) is 31.9 Å². The molecule has 0 bridgehead atoms. The Labute approximate surface area is 129 Å². The third-order valence-corrected chi connectivity index (χ3v) is 4.92. The molecule has 2 heterocycles. The number of benzene rings is 1. The molecule has 0 spiro atoms. The van der Waals surface area contributed by atoms with Gasteiger partial charge in [-0.1, -0.05) is 17.7 Å². The molecule has 0 saturated carbocycles. The summed E-state index contributed by atoms with van der Waals surface area (Å²) < 4.78 is 1.98. The predicted molar refractivity (Wildman–Crippen MR) is 84.4 cm³/mol. The summed E-state index contributed by atoms with van der Waals surface area (Å²) >= 11 is 1.68. The van der Waals surface area contributed by atoms with Crippen molar-refractivity contribution in [2.45, 2.75) is 43.0 Å². The van der Waals surface area contributed by atoms with E-state index >= 15 is 0 Å². The number of thioether (sulfide) groups is 1. The molecule has 1 N–H and O–H groups in total. The van der Waals surface area contributed by atoms with Crippen LogP contribution in [0, 0.1) is 6.92 Å². The van der Waals surface area contributed by atoms with Crippen LogP contribution < -0.4 is 5.32 Å². The van der Waals surface area contributed by atoms with Crippen LogP contribution in [0.15, 0.2) is 41.8 Å². The lowest BCUT2D eigenvalue weighted by molar-refractivity contribution is -0.121. The van der Waals surface area contributed by atoms with Crippen molar-refractivity contribution in [1.29, 1.82) is 0 Å². The minimum Gasteiger partial charge on any atom is -0.351 e. The number of imidazole rings is 1. The lowest BCUT2D eigenvalue weighted by Gasteiger charge is -2.17. The van der Waals surface area contributed by atoms with Gasteiger partial charge in [0.15, 0.2) is 0 Å². The van der Waals surface area contributed by atoms with Crippen LogP contribution in [0.3, 0.4) is 0 Å². The van der Waals surface area contributed by atoms with Crippen LogP contribution in [-0.2, 0) is 17.8 Å². The maximum absolute atomic E-state index is 12.4. The van der Waals surface area contributed by atoms with Gasteiger partial charge < -0.3 is 9.88 Å². The van der Waals surface area contributed by atoms with Crippen LogP contribution in [0.1, 0.15) is 18.1 Å². The maximum Gasteiger partial charge on any atom is 0.234 e. The van der Waals surface area contributed by atoms with Gasteiger partial charge in [0.05, 0.1) is 11.6 Å². The molecule has 1 aliphatic heterocycles. The number of rotatable bonds is 4. The number of nitrogens with zero attached hydrogens (tertiary/aromatic N) is 2. The van der Waals surface area contributed by atoms with E-state index in [9.17, 15) is 4.79 Å². The zero-order chi connectivity index (χ0) is 14.8. The van der Waals surface area contributed by atoms with Gasteiger partial charge in [-0.25, -0.2) is 4.98 Å². The molecule has 1 amide bonds. The Balaban J connectivity index is 1.57. The van der Waals surface area contributed by atoms with E-state index in [0.717, 1.165) is 13.0 Å². The Morgan fingerprint density at radius 2 is 2.43 bits per heavy atom. The Morgan fingerprint density at radius 3 is 3.19 bits per heavy atom. The second kappa shape index (κ2) is 5.93. The van der Waals surface area contributed by atoms with Crippen LogP contribution in [0.25, 0.3) is 0 Å². The molecule has 0 saturated heterocycles. The summed E-state index contributed by atoms with van der Waals surface area (Å²) in [4.78, 5) is 17.6. The van der Waals surface area contributed by atoms with E-state index in [2.05, 4.69) is 35.4 Å². The molecule has 0 radical (unpaired) electrons. The molecule has 2 aromatic rings. The first-order chi connectivity index (χ1) is 10.1. The molecule has 1 aromatic carbocycles. The molecular weight excluding hydrogens is 282 g/mol. The number of carbonyl (C=O) groups is 1. The quantitative estimate of drug-likeness (QED) is 0.943. The number of fused-ring (bicyclic) bond motifs is 1. The number of aromatic nitrogens is 2. The smallest absolute Gasteiger partial charge is 0.234 e. The normalized spacial score (nSPS) is 18.3. The van der Waals surface area contributed by atoms with Crippen molar-refractivity contribution < 1.29 is 4.79 Å². The molecule has 110 valence electrons. The van der Waals surface area contributed by atoms with Gasteiger partial charge in [-0.15, -0.1) is 11.8 Å². The highest BCUT2D eigenvalue weighted by Crippen LogP contribution is 2.37. The number of hydrogen-bond acceptors (Lipinski definition) is 3. The van der Waals surface area contributed by atoms with E-state index in [1.165, 1.54) is 16.0 Å². The highest BCUT2D eigenvalue weighted by molar-refractivity contribution is 8.01. The third kappa shape index (κ3) is 3.29. The fraction of sp³-hybridized carbons (Fsp3) is 0.375. The summed E-state index contributed by atoms with van der Waals surface area (Å²) in [6.45, 7) is 4.85. The van der Waals surface area contributed by atoms with Gasteiger partial charge in [0, 0.05) is 29.9 Å². The first-order valence-corrected chi connectivity index (χ1v) is 8.02. The van der Waals surface area contributed by atoms with Crippen LogP contribution in [0.4, 0.5) is 0 Å². The maximum atomic E-state index is 12.4. The predicted octanol–water partition coefficient (Wildman–Crippen LogP) is 2.41. The van der Waals surface area contributed by atoms with Crippen molar-refractivity contribution in [2.75, 3.05) is 0 Å². The molecule has 0 aliphatic carbocycles. The van der Waals surface area contributed by atoms with Crippen LogP contribution in [-0.4, -0.2) is 26.8 Å². The summed E-state index contributed by atoms with van der Waals surface area (Å²) in [6, 6.07) is 6.52. The largest absolute Gasteiger partial charge is 0.351 e. The van der Waals surface area contributed by atoms with E-state index in [0.29, 0.717) is 0 Å². The highest BCUT2D eigenvalue weighted by Gasteiger charge is 2.28. The van der Waals surface area contributed by atoms with Gasteiger partial charge in [0.1, 0.15) is 0 Å². The van der Waals surface area contributed by atoms with Gasteiger partial charge in [0.25, 0.3) is 0 Å². The van der Waals surface area contributed by atoms with Crippen molar-refractivity contribution in [2.24, 2.45) is 0 Å². The third-order valence-electron chi connectivity index (χ3n) is 3.62. The monoisotopic (exact) mass is 301 g/mol. The van der Waals surface area contributed by atoms with Crippen molar-refractivity contribution in [1.82, 2.24) is 14.9 Å². The van der Waals surface area contributed by atoms with Crippen LogP contribution in [0.5, 0.6) is 0 Å². The Bertz CT molecular complexity index is 639. The van der Waals surface area contributed by atoms with E-state index < -0.39 is 0 Å². The van der Waals surface area contributed by atoms with Gasteiger partial charge in [0.2, 0.25) is 5.91 Å². The van der Waals surface area contributed by atoms with E-state index in [1.807, 2.05) is 17.7 Å². The number of amides is 1. The molecule has 0 fully saturated rings. The fourth-order valence-electron chi connectivity index (χ4n) is 2.57. The molecule has 1 aliphatic rings. The summed E-state index contributed by atoms with van der Waals surface area (Å²) in [5.41, 5.74) is 2.53. The molecular formula is C16H19N3OS. The van der Waals surface area contributed by atoms with Crippen molar-refractivity contribution in [3.63, 3.8) is 0 Å². The Morgan fingerprint density at radius 1 is 1.57 bits per heavy atom. The molecule has 2 atom stereocenters. The number of nitrogens with one attached hydrogen (secondary N) is 1. The lowest BCUT2D eigenvalue weighted by atomic mass is 10.1. The molecule has 3 rings (SSSR count). The molecule has 5 heteroatoms. The standard InChI is InChI=1S/C16H19N3OS/c1-11-3-4-13-8-15(21-14(13)7-11)16(20)18-12(2)9-19-6-5-17-10-19/h3-7,10,12,15H,8-9H2,1-2H3,(H,18,20)/t12-,15+/m0/s1. The van der Waals surface area contributed by atoms with Crippen molar-refractivity contribution in [3.8, 4) is 0 Å². The van der Waals surface area contributed by atoms with E-state index in [4.69, 9.17) is 0 Å². The summed E-state index contributed by atoms with van der Waals surface area (Å²) in [7, 11) is 0. The fourth-order valence-corrected chi connectivity index (χ4v) is 3.87. The van der Waals surface area contributed by atoms with Gasteiger partial charge in [-0.3, -0.25) is 4.79 Å². The second-order valence-electron chi connectivity index (χ2n) is 5.59. The first kappa shape index (κ1) is 14.2. The van der Waals surface area contributed by atoms with Crippen LogP contribution >= 0.6 is 11.8 Å². The lowest BCUT2D eigenvalue weighted by Crippen LogP contribution is -2.40. The van der Waals surface area contributed by atoms with Gasteiger partial charge >= 0.3 is 0 Å². The minimum atomic E-state index is -0.00737. The van der Waals surface area contributed by atoms with E-state index in [1.54, 1.807) is 24.3 Å². The highest BCUT2D eigenvalue weighted by atomic mass is 32.2. The average Bonchev–Trinajstić information content (AvgIpc) is 3.06. The first-order valence-electron chi connectivity index (χ1n) is 7.14. The number of hydrogen-bond donors (Lipinski definition) is 1. The molecule has 21 heavy (non-hydrogen) atoms. The van der Waals surface area contributed by atoms with Gasteiger partial charge in [-0.2, -0.15) is 0 Å². The van der Waals surface area contributed by atoms with Crippen molar-refractivity contribution in [3.05, 3.63) is 48.0 Å². The SMILES string of the molecule is Cc1ccc2c(c1)S[C@@H](C(=O)N[C@@H](C)Cn1ccnc1)C2. The summed E-state index contributed by atoms with van der Waals surface area (Å²) in [5, 5.41) is 3.09. The van der Waals surface area contributed by atoms with Crippen molar-refractivity contribution >= 4 is 17.7 Å². The Kier molecular flexibility index (Phi) is 4.01. The molecule has 0 unspecified atom stereocenters. The average molecular weight is 301 g/mol. The summed E-state index contributed by atoms with van der Waals surface area (Å²) in [6.07, 6.45) is 6.25.